The second-order valence-corrected chi connectivity index (χ2v) is 8.79. The standard InChI is InChI=1S/C24H25N3O2S/c1-16(2)17-8-10-18(11-9-17)19-12-23(28)27-14-26(15-30-24(27)20(19)13-25)21-6-4-5-7-22(21)29-3/h4-11,16,19H,12,14-15H2,1-3H3/t19-/m1/s1. The van der Waals surface area contributed by atoms with Crippen LogP contribution in [-0.2, 0) is 4.79 Å². The average molecular weight is 420 g/mol. The van der Waals surface area contributed by atoms with Crippen LogP contribution in [0.1, 0.15) is 43.2 Å². The molecular formula is C24H25N3O2S. The van der Waals surface area contributed by atoms with Crippen molar-refractivity contribution in [3.63, 3.8) is 0 Å². The summed E-state index contributed by atoms with van der Waals surface area (Å²) in [5.74, 6) is 1.75. The molecule has 0 aromatic heterocycles. The fraction of sp³-hybridized carbons (Fsp3) is 0.333. The van der Waals surface area contributed by atoms with E-state index in [0.717, 1.165) is 22.0 Å². The molecule has 0 bridgehead atoms. The number of hydrogen-bond donors (Lipinski definition) is 0. The lowest BCUT2D eigenvalue weighted by molar-refractivity contribution is -0.129. The van der Waals surface area contributed by atoms with Gasteiger partial charge in [0.1, 0.15) is 5.75 Å². The number of para-hydroxylation sites is 2. The van der Waals surface area contributed by atoms with Crippen LogP contribution in [0.2, 0.25) is 0 Å². The molecule has 0 N–H and O–H groups in total. The molecule has 1 fully saturated rings. The highest BCUT2D eigenvalue weighted by molar-refractivity contribution is 8.03. The van der Waals surface area contributed by atoms with E-state index in [1.165, 1.54) is 5.56 Å². The largest absolute Gasteiger partial charge is 0.495 e. The molecule has 2 aromatic rings. The van der Waals surface area contributed by atoms with E-state index in [-0.39, 0.29) is 11.8 Å². The molecule has 2 aromatic carbocycles. The summed E-state index contributed by atoms with van der Waals surface area (Å²) < 4.78 is 5.49. The first-order valence-corrected chi connectivity index (χ1v) is 11.1. The molecule has 2 heterocycles. The molecule has 4 rings (SSSR count). The van der Waals surface area contributed by atoms with Crippen LogP contribution in [0.3, 0.4) is 0 Å². The number of nitrogens with zero attached hydrogens (tertiary/aromatic N) is 3. The van der Waals surface area contributed by atoms with E-state index in [4.69, 9.17) is 4.74 Å². The van der Waals surface area contributed by atoms with Gasteiger partial charge in [-0.1, -0.05) is 62.0 Å². The number of methoxy groups -OCH3 is 1. The Balaban J connectivity index is 1.64. The van der Waals surface area contributed by atoms with Crippen molar-refractivity contribution in [1.82, 2.24) is 4.90 Å². The number of allylic oxidation sites excluding steroid dienone is 1. The summed E-state index contributed by atoms with van der Waals surface area (Å²) in [5, 5.41) is 10.8. The van der Waals surface area contributed by atoms with Crippen molar-refractivity contribution in [1.29, 1.82) is 5.26 Å². The number of ether oxygens (including phenoxy) is 1. The Morgan fingerprint density at radius 1 is 1.17 bits per heavy atom. The van der Waals surface area contributed by atoms with Gasteiger partial charge < -0.3 is 9.64 Å². The van der Waals surface area contributed by atoms with Crippen LogP contribution in [0.25, 0.3) is 0 Å². The molecule has 0 radical (unpaired) electrons. The SMILES string of the molecule is COc1ccccc1N1CSC2=C(C#N)[C@@H](c3ccc(C(C)C)cc3)CC(=O)N2C1. The van der Waals surface area contributed by atoms with Crippen molar-refractivity contribution >= 4 is 23.4 Å². The monoisotopic (exact) mass is 419 g/mol. The van der Waals surface area contributed by atoms with E-state index in [0.29, 0.717) is 30.5 Å². The first kappa shape index (κ1) is 20.4. The molecule has 0 aliphatic carbocycles. The van der Waals surface area contributed by atoms with Crippen molar-refractivity contribution in [3.05, 3.63) is 70.3 Å². The predicted molar refractivity (Wildman–Crippen MR) is 120 cm³/mol. The number of carbonyl (C=O) groups is 1. The van der Waals surface area contributed by atoms with Gasteiger partial charge in [-0.15, -0.1) is 0 Å². The maximum absolute atomic E-state index is 13.1. The van der Waals surface area contributed by atoms with Crippen molar-refractivity contribution in [2.75, 3.05) is 24.6 Å². The number of benzene rings is 2. The minimum Gasteiger partial charge on any atom is -0.495 e. The molecule has 1 amide bonds. The average Bonchev–Trinajstić information content (AvgIpc) is 2.78. The molecular weight excluding hydrogens is 394 g/mol. The van der Waals surface area contributed by atoms with E-state index in [2.05, 4.69) is 49.1 Å². The number of hydrogen-bond acceptors (Lipinski definition) is 5. The summed E-state index contributed by atoms with van der Waals surface area (Å²) in [6.07, 6.45) is 0.313. The first-order valence-electron chi connectivity index (χ1n) is 10.1. The van der Waals surface area contributed by atoms with Crippen molar-refractivity contribution in [2.45, 2.75) is 32.1 Å². The molecule has 2 aliphatic heterocycles. The zero-order chi connectivity index (χ0) is 21.3. The van der Waals surface area contributed by atoms with E-state index < -0.39 is 0 Å². The summed E-state index contributed by atoms with van der Waals surface area (Å²) in [7, 11) is 1.65. The molecule has 154 valence electrons. The Bertz CT molecular complexity index is 1020. The van der Waals surface area contributed by atoms with Gasteiger partial charge in [0.25, 0.3) is 0 Å². The summed E-state index contributed by atoms with van der Waals surface area (Å²) in [6.45, 7) is 4.74. The topological polar surface area (TPSA) is 56.6 Å². The summed E-state index contributed by atoms with van der Waals surface area (Å²) in [5.41, 5.74) is 3.93. The number of carbonyl (C=O) groups excluding carboxylic acids is 1. The number of anilines is 1. The van der Waals surface area contributed by atoms with Gasteiger partial charge in [-0.3, -0.25) is 9.69 Å². The molecule has 0 unspecified atom stereocenters. The summed E-state index contributed by atoms with van der Waals surface area (Å²) in [4.78, 5) is 16.9. The second kappa shape index (κ2) is 8.45. The lowest BCUT2D eigenvalue weighted by atomic mass is 9.85. The maximum Gasteiger partial charge on any atom is 0.229 e. The lowest BCUT2D eigenvalue weighted by Crippen LogP contribution is -2.47. The minimum absolute atomic E-state index is 0.0500. The fourth-order valence-electron chi connectivity index (χ4n) is 4.00. The molecule has 30 heavy (non-hydrogen) atoms. The normalized spacial score (nSPS) is 19.0. The number of nitriles is 1. The van der Waals surface area contributed by atoms with E-state index >= 15 is 0 Å². The molecule has 2 aliphatic rings. The molecule has 5 nitrogen and oxygen atoms in total. The molecule has 6 heteroatoms. The van der Waals surface area contributed by atoms with Crippen molar-refractivity contribution < 1.29 is 9.53 Å². The number of thioether (sulfide) groups is 1. The lowest BCUT2D eigenvalue weighted by Gasteiger charge is -2.42. The third-order valence-electron chi connectivity index (χ3n) is 5.72. The fourth-order valence-corrected chi connectivity index (χ4v) is 5.16. The molecule has 0 saturated carbocycles. The molecule has 1 atom stereocenters. The second-order valence-electron chi connectivity index (χ2n) is 7.86. The Hall–Kier alpha value is -2.91. The van der Waals surface area contributed by atoms with Crippen LogP contribution in [0, 0.1) is 11.3 Å². The maximum atomic E-state index is 13.1. The number of rotatable bonds is 4. The van der Waals surface area contributed by atoms with Gasteiger partial charge in [-0.05, 0) is 29.2 Å². The van der Waals surface area contributed by atoms with E-state index in [1.54, 1.807) is 23.8 Å². The number of fused-ring (bicyclic) bond motifs is 1. The van der Waals surface area contributed by atoms with Gasteiger partial charge in [0.2, 0.25) is 5.91 Å². The Labute approximate surface area is 181 Å². The summed E-state index contributed by atoms with van der Waals surface area (Å²) in [6, 6.07) is 18.6. The minimum atomic E-state index is -0.180. The quantitative estimate of drug-likeness (QED) is 0.695. The molecule has 0 spiro atoms. The highest BCUT2D eigenvalue weighted by atomic mass is 32.2. The zero-order valence-electron chi connectivity index (χ0n) is 17.5. The van der Waals surface area contributed by atoms with E-state index in [1.807, 2.05) is 24.3 Å². The van der Waals surface area contributed by atoms with Crippen molar-refractivity contribution in [2.24, 2.45) is 0 Å². The summed E-state index contributed by atoms with van der Waals surface area (Å²) >= 11 is 1.54. The highest BCUT2D eigenvalue weighted by Crippen LogP contribution is 2.44. The third-order valence-corrected chi connectivity index (χ3v) is 6.88. The number of amides is 1. The van der Waals surface area contributed by atoms with Crippen LogP contribution in [0.4, 0.5) is 5.69 Å². The van der Waals surface area contributed by atoms with Crippen LogP contribution >= 0.6 is 11.8 Å². The highest BCUT2D eigenvalue weighted by Gasteiger charge is 2.38. The van der Waals surface area contributed by atoms with Crippen LogP contribution < -0.4 is 9.64 Å². The smallest absolute Gasteiger partial charge is 0.229 e. The predicted octanol–water partition coefficient (Wildman–Crippen LogP) is 5.04. The Kier molecular flexibility index (Phi) is 5.74. The van der Waals surface area contributed by atoms with Gasteiger partial charge in [-0.2, -0.15) is 5.26 Å². The van der Waals surface area contributed by atoms with Crippen LogP contribution in [-0.4, -0.2) is 30.5 Å². The van der Waals surface area contributed by atoms with Gasteiger partial charge in [0.05, 0.1) is 42.0 Å². The van der Waals surface area contributed by atoms with Gasteiger partial charge in [0.15, 0.2) is 0 Å². The van der Waals surface area contributed by atoms with E-state index in [9.17, 15) is 10.1 Å². The molecule has 1 saturated heterocycles. The Morgan fingerprint density at radius 3 is 2.57 bits per heavy atom. The van der Waals surface area contributed by atoms with Crippen molar-refractivity contribution in [3.8, 4) is 11.8 Å². The zero-order valence-corrected chi connectivity index (χ0v) is 18.3. The Morgan fingerprint density at radius 2 is 1.90 bits per heavy atom. The van der Waals surface area contributed by atoms with Crippen LogP contribution in [0.5, 0.6) is 5.75 Å². The van der Waals surface area contributed by atoms with Gasteiger partial charge in [0, 0.05) is 12.3 Å². The van der Waals surface area contributed by atoms with Gasteiger partial charge >= 0.3 is 0 Å². The third kappa shape index (κ3) is 3.66. The van der Waals surface area contributed by atoms with Crippen LogP contribution in [0.15, 0.2) is 59.1 Å². The van der Waals surface area contributed by atoms with Gasteiger partial charge in [-0.25, -0.2) is 0 Å². The first-order chi connectivity index (χ1) is 14.5.